The molecule has 2 rings (SSSR count). The molecular formula is C14H14F2N2O2S. The third-order valence-corrected chi connectivity index (χ3v) is 4.52. The van der Waals surface area contributed by atoms with Gasteiger partial charge in [-0.1, -0.05) is 18.2 Å². The maximum absolute atomic E-state index is 13.6. The second-order valence-electron chi connectivity index (χ2n) is 4.56. The van der Waals surface area contributed by atoms with Crippen LogP contribution in [0.1, 0.15) is 18.5 Å². The minimum Gasteiger partial charge on any atom is -0.399 e. The summed E-state index contributed by atoms with van der Waals surface area (Å²) in [6.07, 6.45) is 0. The molecule has 3 N–H and O–H groups in total. The zero-order valence-corrected chi connectivity index (χ0v) is 12.0. The Kier molecular flexibility index (Phi) is 4.24. The van der Waals surface area contributed by atoms with E-state index in [9.17, 15) is 17.2 Å². The number of rotatable bonds is 4. The predicted octanol–water partition coefficient (Wildman–Crippen LogP) is 2.59. The van der Waals surface area contributed by atoms with Crippen molar-refractivity contribution in [3.63, 3.8) is 0 Å². The van der Waals surface area contributed by atoms with Gasteiger partial charge < -0.3 is 5.73 Å². The van der Waals surface area contributed by atoms with E-state index in [0.717, 1.165) is 18.2 Å². The molecule has 0 aliphatic carbocycles. The number of halogens is 2. The molecule has 0 aliphatic rings. The fraction of sp³-hybridized carbons (Fsp3) is 0.143. The fourth-order valence-corrected chi connectivity index (χ4v) is 3.30. The van der Waals surface area contributed by atoms with Gasteiger partial charge in [-0.15, -0.1) is 0 Å². The number of hydrogen-bond acceptors (Lipinski definition) is 3. The molecule has 2 aromatic carbocycles. The van der Waals surface area contributed by atoms with Crippen molar-refractivity contribution in [1.29, 1.82) is 0 Å². The second kappa shape index (κ2) is 5.79. The Balaban J connectivity index is 2.34. The van der Waals surface area contributed by atoms with E-state index in [1.54, 1.807) is 31.2 Å². The summed E-state index contributed by atoms with van der Waals surface area (Å²) in [7, 11) is -4.32. The molecule has 0 heterocycles. The SMILES string of the molecule is CC(NS(=O)(=O)c1c(F)cccc1F)c1cccc(N)c1. The molecule has 0 aliphatic heterocycles. The van der Waals surface area contributed by atoms with Crippen molar-refractivity contribution in [2.24, 2.45) is 0 Å². The van der Waals surface area contributed by atoms with E-state index >= 15 is 0 Å². The van der Waals surface area contributed by atoms with Crippen molar-refractivity contribution in [2.75, 3.05) is 5.73 Å². The average molecular weight is 312 g/mol. The smallest absolute Gasteiger partial charge is 0.246 e. The van der Waals surface area contributed by atoms with Gasteiger partial charge >= 0.3 is 0 Å². The summed E-state index contributed by atoms with van der Waals surface area (Å²) in [6.45, 7) is 1.56. The molecule has 0 bridgehead atoms. The number of anilines is 1. The lowest BCUT2D eigenvalue weighted by Crippen LogP contribution is -2.28. The Labute approximate surface area is 121 Å². The summed E-state index contributed by atoms with van der Waals surface area (Å²) in [5, 5.41) is 0. The monoisotopic (exact) mass is 312 g/mol. The minimum atomic E-state index is -4.32. The lowest BCUT2D eigenvalue weighted by atomic mass is 10.1. The maximum atomic E-state index is 13.6. The van der Waals surface area contributed by atoms with Crippen LogP contribution in [0.2, 0.25) is 0 Å². The Morgan fingerprint density at radius 3 is 2.24 bits per heavy atom. The van der Waals surface area contributed by atoms with E-state index in [0.29, 0.717) is 11.3 Å². The Hall–Kier alpha value is -1.99. The molecule has 0 saturated heterocycles. The van der Waals surface area contributed by atoms with Gasteiger partial charge in [0.1, 0.15) is 11.6 Å². The van der Waals surface area contributed by atoms with E-state index in [2.05, 4.69) is 4.72 Å². The molecule has 2 aromatic rings. The van der Waals surface area contributed by atoms with Crippen LogP contribution in [0.15, 0.2) is 47.4 Å². The molecule has 0 radical (unpaired) electrons. The molecule has 1 atom stereocenters. The van der Waals surface area contributed by atoms with Crippen LogP contribution in [0.5, 0.6) is 0 Å². The molecule has 0 saturated carbocycles. The van der Waals surface area contributed by atoms with E-state index in [-0.39, 0.29) is 0 Å². The third kappa shape index (κ3) is 3.37. The van der Waals surface area contributed by atoms with E-state index in [4.69, 9.17) is 5.73 Å². The van der Waals surface area contributed by atoms with E-state index in [1.807, 2.05) is 0 Å². The molecule has 7 heteroatoms. The molecule has 1 unspecified atom stereocenters. The summed E-state index contributed by atoms with van der Waals surface area (Å²) < 4.78 is 53.6. The Bertz CT molecular complexity index is 743. The first-order chi connectivity index (χ1) is 9.81. The van der Waals surface area contributed by atoms with Crippen LogP contribution < -0.4 is 10.5 Å². The lowest BCUT2D eigenvalue weighted by molar-refractivity contribution is 0.509. The van der Waals surface area contributed by atoms with Gasteiger partial charge in [0.2, 0.25) is 10.0 Å². The van der Waals surface area contributed by atoms with Crippen LogP contribution in [0.3, 0.4) is 0 Å². The van der Waals surface area contributed by atoms with Crippen LogP contribution in [0, 0.1) is 11.6 Å². The molecule has 0 spiro atoms. The number of hydrogen-bond donors (Lipinski definition) is 2. The summed E-state index contributed by atoms with van der Waals surface area (Å²) in [6, 6.07) is 8.78. The maximum Gasteiger partial charge on any atom is 0.246 e. The highest BCUT2D eigenvalue weighted by Gasteiger charge is 2.25. The normalized spacial score (nSPS) is 13.1. The highest BCUT2D eigenvalue weighted by molar-refractivity contribution is 7.89. The van der Waals surface area contributed by atoms with Gasteiger partial charge in [0.25, 0.3) is 0 Å². The van der Waals surface area contributed by atoms with E-state index < -0.39 is 32.6 Å². The molecule has 4 nitrogen and oxygen atoms in total. The van der Waals surface area contributed by atoms with Crippen LogP contribution >= 0.6 is 0 Å². The first-order valence-electron chi connectivity index (χ1n) is 6.13. The molecule has 0 amide bonds. The Morgan fingerprint density at radius 1 is 1.10 bits per heavy atom. The fourth-order valence-electron chi connectivity index (χ4n) is 1.93. The Morgan fingerprint density at radius 2 is 1.67 bits per heavy atom. The predicted molar refractivity (Wildman–Crippen MR) is 75.9 cm³/mol. The lowest BCUT2D eigenvalue weighted by Gasteiger charge is -2.15. The zero-order chi connectivity index (χ0) is 15.6. The number of nitrogen functional groups attached to an aromatic ring is 1. The first kappa shape index (κ1) is 15.4. The van der Waals surface area contributed by atoms with Crippen molar-refractivity contribution in [3.8, 4) is 0 Å². The van der Waals surface area contributed by atoms with Crippen LogP contribution in [0.25, 0.3) is 0 Å². The van der Waals surface area contributed by atoms with Crippen LogP contribution in [-0.2, 0) is 10.0 Å². The zero-order valence-electron chi connectivity index (χ0n) is 11.2. The first-order valence-corrected chi connectivity index (χ1v) is 7.61. The van der Waals surface area contributed by atoms with Crippen molar-refractivity contribution >= 4 is 15.7 Å². The standard InChI is InChI=1S/C14H14F2N2O2S/c1-9(10-4-2-5-11(17)8-10)18-21(19,20)14-12(15)6-3-7-13(14)16/h2-9,18H,17H2,1H3. The van der Waals surface area contributed by atoms with Gasteiger partial charge in [-0.25, -0.2) is 21.9 Å². The van der Waals surface area contributed by atoms with Gasteiger partial charge in [0, 0.05) is 11.7 Å². The van der Waals surface area contributed by atoms with Crippen molar-refractivity contribution < 1.29 is 17.2 Å². The summed E-state index contributed by atoms with van der Waals surface area (Å²) in [4.78, 5) is -0.985. The summed E-state index contributed by atoms with van der Waals surface area (Å²) in [5.74, 6) is -2.27. The van der Waals surface area contributed by atoms with Gasteiger partial charge in [-0.3, -0.25) is 0 Å². The van der Waals surface area contributed by atoms with Gasteiger partial charge in [0.05, 0.1) is 0 Å². The molecule has 21 heavy (non-hydrogen) atoms. The number of nitrogens with two attached hydrogens (primary N) is 1. The van der Waals surface area contributed by atoms with Gasteiger partial charge in [-0.05, 0) is 36.8 Å². The second-order valence-corrected chi connectivity index (χ2v) is 6.21. The minimum absolute atomic E-state index is 0.468. The largest absolute Gasteiger partial charge is 0.399 e. The van der Waals surface area contributed by atoms with Crippen molar-refractivity contribution in [2.45, 2.75) is 17.9 Å². The van der Waals surface area contributed by atoms with Crippen LogP contribution in [-0.4, -0.2) is 8.42 Å². The number of benzene rings is 2. The van der Waals surface area contributed by atoms with E-state index in [1.165, 1.54) is 0 Å². The molecule has 0 aromatic heterocycles. The molecule has 112 valence electrons. The quantitative estimate of drug-likeness (QED) is 0.852. The molecule has 0 fully saturated rings. The summed E-state index contributed by atoms with van der Waals surface area (Å²) in [5.41, 5.74) is 6.68. The van der Waals surface area contributed by atoms with Crippen LogP contribution in [0.4, 0.5) is 14.5 Å². The highest BCUT2D eigenvalue weighted by atomic mass is 32.2. The topological polar surface area (TPSA) is 72.2 Å². The highest BCUT2D eigenvalue weighted by Crippen LogP contribution is 2.22. The van der Waals surface area contributed by atoms with Crippen molar-refractivity contribution in [3.05, 3.63) is 59.7 Å². The van der Waals surface area contributed by atoms with Gasteiger partial charge in [-0.2, -0.15) is 0 Å². The van der Waals surface area contributed by atoms with Gasteiger partial charge in [0.15, 0.2) is 4.90 Å². The number of sulfonamides is 1. The summed E-state index contributed by atoms with van der Waals surface area (Å²) >= 11 is 0. The molecular weight excluding hydrogens is 298 g/mol. The number of nitrogens with one attached hydrogen (secondary N) is 1. The third-order valence-electron chi connectivity index (χ3n) is 2.93. The average Bonchev–Trinajstić information content (AvgIpc) is 2.37. The van der Waals surface area contributed by atoms with Crippen molar-refractivity contribution in [1.82, 2.24) is 4.72 Å².